The van der Waals surface area contributed by atoms with E-state index in [0.717, 1.165) is 16.8 Å². The molecule has 2 N–H and O–H groups in total. The summed E-state index contributed by atoms with van der Waals surface area (Å²) in [6, 6.07) is 27.4. The van der Waals surface area contributed by atoms with Gasteiger partial charge in [-0.25, -0.2) is 4.68 Å². The number of fused-ring (bicyclic) bond motifs is 3. The molecule has 4 heterocycles. The van der Waals surface area contributed by atoms with Crippen molar-refractivity contribution < 1.29 is 24.3 Å². The third-order valence-electron chi connectivity index (χ3n) is 11.8. The van der Waals surface area contributed by atoms with Gasteiger partial charge in [0.2, 0.25) is 0 Å². The summed E-state index contributed by atoms with van der Waals surface area (Å²) in [6.07, 6.45) is 2.30. The first kappa shape index (κ1) is 37.0. The number of non-ortho nitro benzene ring substituents is 1. The Morgan fingerprint density at radius 1 is 1.04 bits per heavy atom. The summed E-state index contributed by atoms with van der Waals surface area (Å²) in [5, 5.41) is 35.0. The molecule has 1 spiro atoms. The molecule has 2 aliphatic heterocycles. The predicted molar refractivity (Wildman–Crippen MR) is 213 cm³/mol. The molecular formula is C41H43N7O7Si. The Labute approximate surface area is 323 Å². The van der Waals surface area contributed by atoms with Crippen molar-refractivity contribution in [3.8, 4) is 11.4 Å². The standard InChI is InChI=1S/C41H43N7O7Si/c1-26-38(56(3,4)32-16-14-31(54-2)15-17-32)37(19-21-45-25-28(20-22-49)42-44-45)55-41(26)34-23-30(48(52)53)13-18-36(34)46(40(41)51)24-27-9-11-29(12-10-27)47-39(50)33-7-5-6-8-35(33)43-47/h5-18,23,25-26,37-38,43,49H,19-22,24H2,1-4H3/t26-,37+,38-,41+/m0/s1. The van der Waals surface area contributed by atoms with Crippen LogP contribution in [0.15, 0.2) is 102 Å². The lowest BCUT2D eigenvalue weighted by atomic mass is 9.82. The maximum absolute atomic E-state index is 15.2. The van der Waals surface area contributed by atoms with Gasteiger partial charge in [0.1, 0.15) is 5.75 Å². The van der Waals surface area contributed by atoms with Gasteiger partial charge in [-0.1, -0.05) is 66.8 Å². The molecule has 14 nitrogen and oxygen atoms in total. The van der Waals surface area contributed by atoms with E-state index in [1.54, 1.807) is 28.8 Å². The first-order valence-corrected chi connectivity index (χ1v) is 21.8. The Balaban J connectivity index is 1.17. The Bertz CT molecular complexity index is 2490. The van der Waals surface area contributed by atoms with Crippen LogP contribution in [0.4, 0.5) is 11.4 Å². The van der Waals surface area contributed by atoms with Gasteiger partial charge >= 0.3 is 0 Å². The number of nitro benzene ring substituents is 1. The van der Waals surface area contributed by atoms with E-state index in [1.165, 1.54) is 22.0 Å². The Morgan fingerprint density at radius 3 is 2.48 bits per heavy atom. The van der Waals surface area contributed by atoms with Gasteiger partial charge in [-0.15, -0.1) is 5.10 Å². The monoisotopic (exact) mass is 773 g/mol. The van der Waals surface area contributed by atoms with Crippen LogP contribution < -0.4 is 20.4 Å². The number of anilines is 1. The van der Waals surface area contributed by atoms with Crippen molar-refractivity contribution in [1.82, 2.24) is 24.8 Å². The molecular weight excluding hydrogens is 731 g/mol. The van der Waals surface area contributed by atoms with Crippen LogP contribution in [0.25, 0.3) is 16.6 Å². The minimum Gasteiger partial charge on any atom is -0.497 e. The van der Waals surface area contributed by atoms with Crippen molar-refractivity contribution >= 4 is 41.4 Å². The van der Waals surface area contributed by atoms with E-state index in [0.29, 0.717) is 47.4 Å². The number of rotatable bonds is 12. The summed E-state index contributed by atoms with van der Waals surface area (Å²) >= 11 is 0. The SMILES string of the molecule is COc1ccc([Si](C)(C)[C@@H]2[C@@H](CCn3cc(CCO)nn3)O[C@]3(C(=O)N(Cc4ccc(-n5[nH]c6ccccc6c5=O)cc4)c4ccc([N+](=O)[O-])cc43)[C@H]2C)cc1. The third-order valence-corrected chi connectivity index (χ3v) is 16.1. The fraction of sp³-hybridized carbons (Fsp3) is 0.317. The van der Waals surface area contributed by atoms with Crippen LogP contribution in [-0.2, 0) is 34.6 Å². The average molecular weight is 774 g/mol. The normalized spacial score (nSPS) is 20.6. The van der Waals surface area contributed by atoms with Gasteiger partial charge in [-0.3, -0.25) is 29.5 Å². The molecule has 1 saturated heterocycles. The second-order valence-corrected chi connectivity index (χ2v) is 19.9. The molecule has 0 unspecified atom stereocenters. The zero-order valence-corrected chi connectivity index (χ0v) is 32.6. The molecule has 2 aromatic heterocycles. The number of nitrogens with one attached hydrogen (secondary N) is 1. The summed E-state index contributed by atoms with van der Waals surface area (Å²) in [6.45, 7) is 7.23. The van der Waals surface area contributed by atoms with E-state index in [1.807, 2.05) is 60.8 Å². The molecule has 0 aliphatic carbocycles. The van der Waals surface area contributed by atoms with Crippen LogP contribution in [0, 0.1) is 16.0 Å². The molecule has 8 rings (SSSR count). The molecule has 56 heavy (non-hydrogen) atoms. The maximum atomic E-state index is 15.2. The number of benzene rings is 4. The lowest BCUT2D eigenvalue weighted by Gasteiger charge is -2.37. The zero-order chi connectivity index (χ0) is 39.4. The van der Waals surface area contributed by atoms with Gasteiger partial charge in [-0.2, -0.15) is 0 Å². The van der Waals surface area contributed by atoms with Crippen LogP contribution in [0.1, 0.15) is 30.2 Å². The van der Waals surface area contributed by atoms with Gasteiger partial charge in [0.15, 0.2) is 5.60 Å². The molecule has 6 aromatic rings. The number of amides is 1. The van der Waals surface area contributed by atoms with E-state index >= 15 is 4.79 Å². The van der Waals surface area contributed by atoms with Crippen molar-refractivity contribution in [2.75, 3.05) is 18.6 Å². The number of nitro groups is 1. The van der Waals surface area contributed by atoms with Crippen molar-refractivity contribution in [2.45, 2.75) is 63.2 Å². The Hall–Kier alpha value is -5.90. The summed E-state index contributed by atoms with van der Waals surface area (Å²) in [5.41, 5.74) is 2.06. The molecule has 288 valence electrons. The van der Waals surface area contributed by atoms with Crippen molar-refractivity contribution in [3.63, 3.8) is 0 Å². The van der Waals surface area contributed by atoms with Crippen LogP contribution in [0.2, 0.25) is 18.6 Å². The van der Waals surface area contributed by atoms with Crippen LogP contribution in [-0.4, -0.2) is 68.6 Å². The van der Waals surface area contributed by atoms with Gasteiger partial charge < -0.3 is 19.5 Å². The highest BCUT2D eigenvalue weighted by atomic mass is 28.3. The number of carbonyl (C=O) groups excluding carboxylic acids is 1. The summed E-state index contributed by atoms with van der Waals surface area (Å²) in [5.74, 6) is 0.109. The van der Waals surface area contributed by atoms with Gasteiger partial charge in [0.25, 0.3) is 17.2 Å². The number of methoxy groups -OCH3 is 1. The molecule has 0 bridgehead atoms. The summed E-state index contributed by atoms with van der Waals surface area (Å²) in [7, 11) is -0.847. The minimum atomic E-state index is -2.48. The van der Waals surface area contributed by atoms with Crippen LogP contribution >= 0.6 is 0 Å². The van der Waals surface area contributed by atoms with Crippen molar-refractivity contribution in [1.29, 1.82) is 0 Å². The average Bonchev–Trinajstić information content (AvgIpc) is 3.94. The molecule has 1 fully saturated rings. The Kier molecular flexibility index (Phi) is 9.46. The second-order valence-electron chi connectivity index (χ2n) is 15.2. The number of hydrogen-bond donors (Lipinski definition) is 2. The van der Waals surface area contributed by atoms with Crippen molar-refractivity contribution in [2.24, 2.45) is 5.92 Å². The highest BCUT2D eigenvalue weighted by molar-refractivity contribution is 6.91. The number of H-pyrrole nitrogens is 1. The lowest BCUT2D eigenvalue weighted by Crippen LogP contribution is -2.51. The lowest BCUT2D eigenvalue weighted by molar-refractivity contribution is -0.385. The Morgan fingerprint density at radius 2 is 1.79 bits per heavy atom. The molecule has 0 saturated carbocycles. The van der Waals surface area contributed by atoms with Gasteiger partial charge in [0, 0.05) is 49.4 Å². The third kappa shape index (κ3) is 6.11. The number of hydrogen-bond acceptors (Lipinski definition) is 9. The van der Waals surface area contributed by atoms with Gasteiger partial charge in [-0.05, 0) is 60.0 Å². The number of ether oxygens (including phenoxy) is 2. The number of aliphatic hydroxyl groups excluding tert-OH is 1. The maximum Gasteiger partial charge on any atom is 0.279 e. The first-order chi connectivity index (χ1) is 27.0. The molecule has 4 aromatic carbocycles. The number of para-hydroxylation sites is 1. The molecule has 4 atom stereocenters. The second kappa shape index (κ2) is 14.3. The van der Waals surface area contributed by atoms with E-state index in [2.05, 4.69) is 47.6 Å². The number of aliphatic hydroxyl groups is 1. The quantitative estimate of drug-likeness (QED) is 0.0963. The fourth-order valence-electron chi connectivity index (χ4n) is 8.95. The molecule has 1 amide bonds. The van der Waals surface area contributed by atoms with Crippen molar-refractivity contribution in [3.05, 3.63) is 134 Å². The van der Waals surface area contributed by atoms with E-state index in [9.17, 15) is 20.0 Å². The predicted octanol–water partition coefficient (Wildman–Crippen LogP) is 5.22. The highest BCUT2D eigenvalue weighted by Gasteiger charge is 2.66. The minimum absolute atomic E-state index is 0.0351. The number of aromatic amines is 1. The summed E-state index contributed by atoms with van der Waals surface area (Å²) in [4.78, 5) is 41.8. The van der Waals surface area contributed by atoms with Crippen LogP contribution in [0.3, 0.4) is 0 Å². The number of carbonyl (C=O) groups is 1. The zero-order valence-electron chi connectivity index (χ0n) is 31.6. The first-order valence-electron chi connectivity index (χ1n) is 18.7. The largest absolute Gasteiger partial charge is 0.497 e. The molecule has 0 radical (unpaired) electrons. The van der Waals surface area contributed by atoms with E-state index in [-0.39, 0.29) is 41.8 Å². The van der Waals surface area contributed by atoms with Crippen LogP contribution in [0.5, 0.6) is 5.75 Å². The smallest absolute Gasteiger partial charge is 0.279 e. The van der Waals surface area contributed by atoms with Gasteiger partial charge in [0.05, 0.1) is 60.7 Å². The topological polar surface area (TPSA) is 171 Å². The van der Waals surface area contributed by atoms with E-state index in [4.69, 9.17) is 9.47 Å². The van der Waals surface area contributed by atoms with E-state index < -0.39 is 24.7 Å². The molecule has 15 heteroatoms. The number of nitrogens with zero attached hydrogens (tertiary/aromatic N) is 6. The fourth-order valence-corrected chi connectivity index (χ4v) is 13.0. The number of aryl methyl sites for hydroxylation is 1. The number of aromatic nitrogens is 5. The highest BCUT2D eigenvalue weighted by Crippen LogP contribution is 2.60. The summed E-state index contributed by atoms with van der Waals surface area (Å²) < 4.78 is 15.9. The molecule has 2 aliphatic rings.